The number of likely N-dealkylation sites (tertiary alicyclic amines) is 1. The number of anilines is 3. The minimum atomic E-state index is -4.18. The number of methoxy groups -OCH3 is 2. The van der Waals surface area contributed by atoms with Gasteiger partial charge < -0.3 is 20.1 Å². The number of hydrogen-bond donors (Lipinski definition) is 2. The number of alkyl halides is 3. The van der Waals surface area contributed by atoms with Crippen LogP contribution in [0.2, 0.25) is 10.0 Å². The first-order valence-corrected chi connectivity index (χ1v) is 14.4. The third kappa shape index (κ3) is 6.33. The van der Waals surface area contributed by atoms with Crippen LogP contribution < -0.4 is 20.1 Å². The van der Waals surface area contributed by atoms with Gasteiger partial charge in [-0.05, 0) is 31.0 Å². The SMILES string of the molecule is COc1cc(OC)c(Cl)c(NC(=O)c2csc3c(Nc4ccc(CN5CCCC(C(F)(F)F)C5)cn4)ncnc23)c1Cl. The number of ether oxygens (including phenoxy) is 2. The molecule has 1 atom stereocenters. The first kappa shape index (κ1) is 30.1. The quantitative estimate of drug-likeness (QED) is 0.209. The van der Waals surface area contributed by atoms with E-state index < -0.39 is 18.0 Å². The minimum absolute atomic E-state index is 0.0134. The van der Waals surface area contributed by atoms with Crippen molar-refractivity contribution in [3.8, 4) is 11.5 Å². The fourth-order valence-electron chi connectivity index (χ4n) is 4.72. The van der Waals surface area contributed by atoms with Crippen LogP contribution in [-0.4, -0.2) is 59.2 Å². The highest BCUT2D eigenvalue weighted by Gasteiger charge is 2.41. The van der Waals surface area contributed by atoms with E-state index in [1.54, 1.807) is 22.5 Å². The predicted molar refractivity (Wildman–Crippen MR) is 157 cm³/mol. The molecule has 5 rings (SSSR count). The molecule has 4 aromatic rings. The Morgan fingerprint density at radius 3 is 2.52 bits per heavy atom. The van der Waals surface area contributed by atoms with Crippen LogP contribution in [0, 0.1) is 5.92 Å². The smallest absolute Gasteiger partial charge is 0.393 e. The topological polar surface area (TPSA) is 102 Å². The first-order chi connectivity index (χ1) is 20.1. The third-order valence-corrected chi connectivity index (χ3v) is 8.58. The van der Waals surface area contributed by atoms with Gasteiger partial charge in [0.2, 0.25) is 0 Å². The van der Waals surface area contributed by atoms with E-state index in [-0.39, 0.29) is 45.8 Å². The van der Waals surface area contributed by atoms with Gasteiger partial charge in [0.1, 0.15) is 33.7 Å². The Labute approximate surface area is 253 Å². The van der Waals surface area contributed by atoms with Crippen molar-refractivity contribution in [2.45, 2.75) is 25.6 Å². The van der Waals surface area contributed by atoms with Crippen LogP contribution in [0.15, 0.2) is 36.1 Å². The van der Waals surface area contributed by atoms with E-state index in [1.165, 1.54) is 38.0 Å². The lowest BCUT2D eigenvalue weighted by Gasteiger charge is -2.33. The molecule has 1 saturated heterocycles. The number of carbonyl (C=O) groups is 1. The zero-order valence-electron chi connectivity index (χ0n) is 22.4. The van der Waals surface area contributed by atoms with Crippen molar-refractivity contribution < 1.29 is 27.4 Å². The molecular formula is C27H25Cl2F3N6O3S. The molecule has 0 aliphatic carbocycles. The number of halogens is 5. The minimum Gasteiger partial charge on any atom is -0.495 e. The Bertz CT molecular complexity index is 1570. The van der Waals surface area contributed by atoms with E-state index in [9.17, 15) is 18.0 Å². The van der Waals surface area contributed by atoms with Crippen molar-refractivity contribution in [1.29, 1.82) is 0 Å². The van der Waals surface area contributed by atoms with Gasteiger partial charge in [-0.15, -0.1) is 11.3 Å². The number of piperidine rings is 1. The van der Waals surface area contributed by atoms with E-state index >= 15 is 0 Å². The maximum absolute atomic E-state index is 13.3. The molecule has 0 spiro atoms. The largest absolute Gasteiger partial charge is 0.495 e. The maximum atomic E-state index is 13.3. The van der Waals surface area contributed by atoms with Crippen molar-refractivity contribution in [1.82, 2.24) is 19.9 Å². The third-order valence-electron chi connectivity index (χ3n) is 6.86. The van der Waals surface area contributed by atoms with Crippen LogP contribution in [0.1, 0.15) is 28.8 Å². The first-order valence-electron chi connectivity index (χ1n) is 12.7. The maximum Gasteiger partial charge on any atom is 0.393 e. The number of nitrogens with zero attached hydrogens (tertiary/aromatic N) is 4. The van der Waals surface area contributed by atoms with Crippen molar-refractivity contribution in [3.05, 3.63) is 57.3 Å². The second-order valence-electron chi connectivity index (χ2n) is 9.58. The van der Waals surface area contributed by atoms with E-state index in [0.29, 0.717) is 41.4 Å². The highest BCUT2D eigenvalue weighted by atomic mass is 35.5. The average molecular weight is 642 g/mol. The molecule has 0 radical (unpaired) electrons. The van der Waals surface area contributed by atoms with Gasteiger partial charge in [-0.25, -0.2) is 15.0 Å². The van der Waals surface area contributed by atoms with Gasteiger partial charge in [0.25, 0.3) is 5.91 Å². The lowest BCUT2D eigenvalue weighted by atomic mass is 9.97. The van der Waals surface area contributed by atoms with Crippen LogP contribution in [0.25, 0.3) is 10.2 Å². The van der Waals surface area contributed by atoms with Gasteiger partial charge >= 0.3 is 6.18 Å². The van der Waals surface area contributed by atoms with Gasteiger partial charge in [0.05, 0.1) is 41.6 Å². The summed E-state index contributed by atoms with van der Waals surface area (Å²) in [4.78, 5) is 28.1. The molecule has 4 heterocycles. The molecule has 3 aromatic heterocycles. The summed E-state index contributed by atoms with van der Waals surface area (Å²) >= 11 is 14.1. The molecule has 1 unspecified atom stereocenters. The highest BCUT2D eigenvalue weighted by Crippen LogP contribution is 2.44. The normalized spacial score (nSPS) is 15.9. The molecule has 15 heteroatoms. The van der Waals surface area contributed by atoms with Gasteiger partial charge in [-0.2, -0.15) is 13.2 Å². The lowest BCUT2D eigenvalue weighted by Crippen LogP contribution is -2.41. The molecule has 1 aliphatic heterocycles. The van der Waals surface area contributed by atoms with Gasteiger partial charge in [-0.1, -0.05) is 29.3 Å². The van der Waals surface area contributed by atoms with E-state index in [2.05, 4.69) is 25.6 Å². The Balaban J connectivity index is 1.31. The number of carbonyl (C=O) groups excluding carboxylic acids is 1. The zero-order valence-corrected chi connectivity index (χ0v) is 24.7. The van der Waals surface area contributed by atoms with Gasteiger partial charge in [-0.3, -0.25) is 9.69 Å². The number of thiophene rings is 1. The molecule has 1 amide bonds. The Hall–Kier alpha value is -3.39. The molecule has 42 heavy (non-hydrogen) atoms. The summed E-state index contributed by atoms with van der Waals surface area (Å²) in [5, 5.41) is 7.73. The van der Waals surface area contributed by atoms with Crippen molar-refractivity contribution in [3.63, 3.8) is 0 Å². The van der Waals surface area contributed by atoms with E-state index in [0.717, 1.165) is 5.56 Å². The number of pyridine rings is 1. The number of rotatable bonds is 8. The van der Waals surface area contributed by atoms with Gasteiger partial charge in [0.15, 0.2) is 5.82 Å². The second-order valence-corrected chi connectivity index (χ2v) is 11.2. The average Bonchev–Trinajstić information content (AvgIpc) is 3.42. The summed E-state index contributed by atoms with van der Waals surface area (Å²) < 4.78 is 50.6. The van der Waals surface area contributed by atoms with Crippen LogP contribution in [0.4, 0.5) is 30.5 Å². The molecule has 0 bridgehead atoms. The molecule has 1 aliphatic rings. The summed E-state index contributed by atoms with van der Waals surface area (Å²) in [7, 11) is 2.86. The lowest BCUT2D eigenvalue weighted by molar-refractivity contribution is -0.187. The standard InChI is InChI=1S/C27H25Cl2F3N6O3S/c1-40-17-8-18(41-2)21(29)23(20(17)28)37-26(39)16-12-42-24-22(16)34-13-35-25(24)36-19-6-5-14(9-33-19)10-38-7-3-4-15(11-38)27(30,31)32/h5-6,8-9,12-13,15H,3-4,7,10-11H2,1-2H3,(H,37,39)(H,33,34,35,36). The second kappa shape index (κ2) is 12.5. The molecule has 0 saturated carbocycles. The van der Waals surface area contributed by atoms with Crippen molar-refractivity contribution in [2.24, 2.45) is 5.92 Å². The Kier molecular flexibility index (Phi) is 8.92. The predicted octanol–water partition coefficient (Wildman–Crippen LogP) is 7.18. The number of aromatic nitrogens is 3. The van der Waals surface area contributed by atoms with Crippen LogP contribution >= 0.6 is 34.5 Å². The molecule has 9 nitrogen and oxygen atoms in total. The molecule has 1 aromatic carbocycles. The molecule has 2 N–H and O–H groups in total. The highest BCUT2D eigenvalue weighted by molar-refractivity contribution is 7.18. The number of amides is 1. The van der Waals surface area contributed by atoms with Gasteiger partial charge in [0, 0.05) is 30.7 Å². The van der Waals surface area contributed by atoms with Crippen LogP contribution in [0.3, 0.4) is 0 Å². The zero-order chi connectivity index (χ0) is 30.0. The Morgan fingerprint density at radius 2 is 1.88 bits per heavy atom. The van der Waals surface area contributed by atoms with Crippen LogP contribution in [0.5, 0.6) is 11.5 Å². The summed E-state index contributed by atoms with van der Waals surface area (Å²) in [5.41, 5.74) is 1.61. The fraction of sp³-hybridized carbons (Fsp3) is 0.333. The summed E-state index contributed by atoms with van der Waals surface area (Å²) in [6.07, 6.45) is -0.558. The van der Waals surface area contributed by atoms with E-state index in [1.807, 2.05) is 6.07 Å². The number of fused-ring (bicyclic) bond motifs is 1. The summed E-state index contributed by atoms with van der Waals surface area (Å²) in [6, 6.07) is 5.06. The monoisotopic (exact) mass is 640 g/mol. The molecule has 222 valence electrons. The van der Waals surface area contributed by atoms with Crippen LogP contribution in [-0.2, 0) is 6.54 Å². The number of nitrogens with one attached hydrogen (secondary N) is 2. The van der Waals surface area contributed by atoms with Crippen molar-refractivity contribution >= 4 is 68.0 Å². The number of hydrogen-bond acceptors (Lipinski definition) is 9. The molecule has 1 fully saturated rings. The number of benzene rings is 1. The Morgan fingerprint density at radius 1 is 1.14 bits per heavy atom. The van der Waals surface area contributed by atoms with Crippen molar-refractivity contribution in [2.75, 3.05) is 37.9 Å². The fourth-order valence-corrected chi connectivity index (χ4v) is 6.25. The summed E-state index contributed by atoms with van der Waals surface area (Å²) in [5.74, 6) is -0.336. The summed E-state index contributed by atoms with van der Waals surface area (Å²) in [6.45, 7) is 0.984. The van der Waals surface area contributed by atoms with E-state index in [4.69, 9.17) is 32.7 Å². The molecular weight excluding hydrogens is 616 g/mol.